The van der Waals surface area contributed by atoms with E-state index in [1.165, 1.54) is 19.2 Å². The first kappa shape index (κ1) is 21.2. The topological polar surface area (TPSA) is 101 Å². The molecule has 8 nitrogen and oxygen atoms in total. The van der Waals surface area contributed by atoms with Gasteiger partial charge in [-0.1, -0.05) is 24.1 Å². The van der Waals surface area contributed by atoms with E-state index in [0.717, 1.165) is 37.7 Å². The first-order valence-electron chi connectivity index (χ1n) is 10.0. The van der Waals surface area contributed by atoms with Gasteiger partial charge in [-0.2, -0.15) is 8.42 Å². The second kappa shape index (κ2) is 8.22. The fourth-order valence-electron chi connectivity index (χ4n) is 4.29. The third kappa shape index (κ3) is 4.23. The third-order valence-electron chi connectivity index (χ3n) is 5.86. The van der Waals surface area contributed by atoms with Crippen LogP contribution in [-0.2, 0) is 33.2 Å². The van der Waals surface area contributed by atoms with Crippen molar-refractivity contribution in [3.63, 3.8) is 0 Å². The van der Waals surface area contributed by atoms with E-state index in [1.807, 2.05) is 6.92 Å². The average molecular weight is 429 g/mol. The fraction of sp³-hybridized carbons (Fsp3) is 0.700. The Morgan fingerprint density at radius 3 is 2.52 bits per heavy atom. The molecule has 9 heteroatoms. The predicted octanol–water partition coefficient (Wildman–Crippen LogP) is 1.88. The lowest BCUT2D eigenvalue weighted by Crippen LogP contribution is -2.45. The first-order valence-corrected chi connectivity index (χ1v) is 11.4. The van der Waals surface area contributed by atoms with Crippen molar-refractivity contribution in [2.75, 3.05) is 13.7 Å². The van der Waals surface area contributed by atoms with Crippen LogP contribution in [0.4, 0.5) is 0 Å². The predicted molar refractivity (Wildman–Crippen MR) is 102 cm³/mol. The SMILES string of the molecule is CO[C@@H]1[C@H]2OC3(CCCCC3)O[C@H]2O[C@@H]1[C@H](O)COS(=O)(=O)c1ccc(C)cc1. The summed E-state index contributed by atoms with van der Waals surface area (Å²) in [6.45, 7) is 1.41. The molecule has 0 aromatic heterocycles. The highest BCUT2D eigenvalue weighted by Gasteiger charge is 2.59. The van der Waals surface area contributed by atoms with Crippen LogP contribution in [-0.4, -0.2) is 63.7 Å². The summed E-state index contributed by atoms with van der Waals surface area (Å²) in [6, 6.07) is 6.31. The molecule has 1 aromatic rings. The minimum Gasteiger partial charge on any atom is -0.388 e. The van der Waals surface area contributed by atoms with Gasteiger partial charge in [-0.25, -0.2) is 0 Å². The van der Waals surface area contributed by atoms with Crippen LogP contribution in [0.3, 0.4) is 0 Å². The molecule has 0 amide bonds. The Morgan fingerprint density at radius 2 is 1.86 bits per heavy atom. The van der Waals surface area contributed by atoms with Crippen molar-refractivity contribution in [3.05, 3.63) is 29.8 Å². The largest absolute Gasteiger partial charge is 0.388 e. The van der Waals surface area contributed by atoms with Crippen molar-refractivity contribution >= 4 is 10.1 Å². The van der Waals surface area contributed by atoms with E-state index in [4.69, 9.17) is 23.1 Å². The van der Waals surface area contributed by atoms with Crippen molar-refractivity contribution in [1.82, 2.24) is 0 Å². The van der Waals surface area contributed by atoms with Gasteiger partial charge in [0.1, 0.15) is 24.4 Å². The molecule has 3 aliphatic rings. The Bertz CT molecular complexity index is 802. The number of hydrogen-bond donors (Lipinski definition) is 1. The molecule has 1 aliphatic carbocycles. The molecule has 29 heavy (non-hydrogen) atoms. The maximum atomic E-state index is 12.4. The number of hydrogen-bond acceptors (Lipinski definition) is 8. The van der Waals surface area contributed by atoms with Crippen LogP contribution in [0.25, 0.3) is 0 Å². The second-order valence-electron chi connectivity index (χ2n) is 7.96. The molecule has 3 fully saturated rings. The second-order valence-corrected chi connectivity index (χ2v) is 9.58. The summed E-state index contributed by atoms with van der Waals surface area (Å²) in [4.78, 5) is 0.0358. The molecular formula is C20H28O8S. The number of aryl methyl sites for hydroxylation is 1. The maximum Gasteiger partial charge on any atom is 0.297 e. The summed E-state index contributed by atoms with van der Waals surface area (Å²) in [5, 5.41) is 10.6. The standard InChI is InChI=1S/C20H28O8S/c1-13-6-8-14(9-7-13)29(22,23)25-12-15(21)16-17(24-2)18-19(26-16)28-20(27-18)10-4-3-5-11-20/h6-9,15-19,21H,3-5,10-12H2,1-2H3/t15-,16-,17+,18-,19-/m1/s1. The van der Waals surface area contributed by atoms with Crippen LogP contribution in [0.15, 0.2) is 29.2 Å². The molecule has 1 spiro atoms. The molecule has 2 saturated heterocycles. The Kier molecular flexibility index (Phi) is 6.00. The van der Waals surface area contributed by atoms with Crippen molar-refractivity contribution in [2.45, 2.75) is 80.4 Å². The summed E-state index contributed by atoms with van der Waals surface area (Å²) >= 11 is 0. The van der Waals surface area contributed by atoms with Crippen LogP contribution < -0.4 is 0 Å². The Labute approximate surface area is 171 Å². The van der Waals surface area contributed by atoms with Crippen molar-refractivity contribution in [1.29, 1.82) is 0 Å². The zero-order valence-corrected chi connectivity index (χ0v) is 17.5. The van der Waals surface area contributed by atoms with Crippen molar-refractivity contribution in [2.24, 2.45) is 0 Å². The lowest BCUT2D eigenvalue weighted by molar-refractivity contribution is -0.255. The van der Waals surface area contributed by atoms with Gasteiger partial charge in [-0.05, 0) is 31.9 Å². The monoisotopic (exact) mass is 428 g/mol. The quantitative estimate of drug-likeness (QED) is 0.686. The molecule has 1 N–H and O–H groups in total. The zero-order chi connectivity index (χ0) is 20.6. The Morgan fingerprint density at radius 1 is 1.17 bits per heavy atom. The smallest absolute Gasteiger partial charge is 0.297 e. The summed E-state index contributed by atoms with van der Waals surface area (Å²) in [7, 11) is -2.48. The minimum atomic E-state index is -3.99. The van der Waals surface area contributed by atoms with Gasteiger partial charge in [0.25, 0.3) is 10.1 Å². The van der Waals surface area contributed by atoms with Crippen molar-refractivity contribution < 1.29 is 36.7 Å². The van der Waals surface area contributed by atoms with Gasteiger partial charge in [0.05, 0.1) is 11.5 Å². The normalized spacial score (nSPS) is 32.4. The van der Waals surface area contributed by atoms with Gasteiger partial charge in [-0.3, -0.25) is 4.18 Å². The number of ether oxygens (including phenoxy) is 4. The van der Waals surface area contributed by atoms with Gasteiger partial charge in [0.15, 0.2) is 12.1 Å². The molecule has 0 bridgehead atoms. The van der Waals surface area contributed by atoms with E-state index < -0.39 is 53.2 Å². The molecule has 162 valence electrons. The Hall–Kier alpha value is -1.07. The molecule has 4 rings (SSSR count). The van der Waals surface area contributed by atoms with Crippen LogP contribution >= 0.6 is 0 Å². The number of aliphatic hydroxyl groups excluding tert-OH is 1. The zero-order valence-electron chi connectivity index (χ0n) is 16.7. The van der Waals surface area contributed by atoms with Gasteiger partial charge in [0, 0.05) is 20.0 Å². The molecule has 0 radical (unpaired) electrons. The van der Waals surface area contributed by atoms with Crippen LogP contribution in [0.2, 0.25) is 0 Å². The van der Waals surface area contributed by atoms with Gasteiger partial charge < -0.3 is 24.1 Å². The summed E-state index contributed by atoms with van der Waals surface area (Å²) in [6.07, 6.45) is 1.12. The van der Waals surface area contributed by atoms with Crippen LogP contribution in [0.5, 0.6) is 0 Å². The summed E-state index contributed by atoms with van der Waals surface area (Å²) in [5.74, 6) is -0.633. The molecule has 1 aromatic carbocycles. The van der Waals surface area contributed by atoms with Crippen LogP contribution in [0.1, 0.15) is 37.7 Å². The number of benzene rings is 1. The number of methoxy groups -OCH3 is 1. The first-order chi connectivity index (χ1) is 13.8. The highest BCUT2D eigenvalue weighted by molar-refractivity contribution is 7.86. The average Bonchev–Trinajstić information content (AvgIpc) is 3.20. The molecule has 2 heterocycles. The summed E-state index contributed by atoms with van der Waals surface area (Å²) in [5.41, 5.74) is 0.938. The fourth-order valence-corrected chi connectivity index (χ4v) is 5.21. The van der Waals surface area contributed by atoms with E-state index in [9.17, 15) is 13.5 Å². The number of rotatable bonds is 6. The molecular weight excluding hydrogens is 400 g/mol. The molecule has 2 aliphatic heterocycles. The maximum absolute atomic E-state index is 12.4. The number of fused-ring (bicyclic) bond motifs is 1. The van der Waals surface area contributed by atoms with E-state index in [0.29, 0.717) is 0 Å². The molecule has 5 atom stereocenters. The lowest BCUT2D eigenvalue weighted by atomic mass is 9.94. The van der Waals surface area contributed by atoms with E-state index in [2.05, 4.69) is 0 Å². The van der Waals surface area contributed by atoms with Gasteiger partial charge in [0.2, 0.25) is 0 Å². The number of aliphatic hydroxyl groups is 1. The van der Waals surface area contributed by atoms with Crippen LogP contribution in [0, 0.1) is 6.92 Å². The van der Waals surface area contributed by atoms with E-state index >= 15 is 0 Å². The Balaban J connectivity index is 1.38. The molecule has 0 unspecified atom stereocenters. The molecule has 1 saturated carbocycles. The summed E-state index contributed by atoms with van der Waals surface area (Å²) < 4.78 is 53.4. The highest BCUT2D eigenvalue weighted by atomic mass is 32.2. The van der Waals surface area contributed by atoms with E-state index in [1.54, 1.807) is 12.1 Å². The van der Waals surface area contributed by atoms with E-state index in [-0.39, 0.29) is 4.90 Å². The van der Waals surface area contributed by atoms with Crippen molar-refractivity contribution in [3.8, 4) is 0 Å². The lowest BCUT2D eigenvalue weighted by Gasteiger charge is -2.34. The van der Waals surface area contributed by atoms with Gasteiger partial charge >= 0.3 is 0 Å². The highest BCUT2D eigenvalue weighted by Crippen LogP contribution is 2.46. The third-order valence-corrected chi connectivity index (χ3v) is 7.16. The minimum absolute atomic E-state index is 0.0358. The van der Waals surface area contributed by atoms with Gasteiger partial charge in [-0.15, -0.1) is 0 Å².